The second-order valence-electron chi connectivity index (χ2n) is 6.23. The summed E-state index contributed by atoms with van der Waals surface area (Å²) < 4.78 is 79.9. The lowest BCUT2D eigenvalue weighted by Crippen LogP contribution is -2.32. The SMILES string of the molecule is CN(C(c1ccccc1)c1ccccn1)S(=O)(=O)c1ccc(F)c(C(F)(F)F)c1. The van der Waals surface area contributed by atoms with E-state index in [0.29, 0.717) is 23.4 Å². The van der Waals surface area contributed by atoms with E-state index in [4.69, 9.17) is 0 Å². The van der Waals surface area contributed by atoms with Crippen molar-refractivity contribution in [3.05, 3.63) is 95.6 Å². The summed E-state index contributed by atoms with van der Waals surface area (Å²) >= 11 is 0. The number of hydrogen-bond acceptors (Lipinski definition) is 3. The highest BCUT2D eigenvalue weighted by atomic mass is 32.2. The fraction of sp³-hybridized carbons (Fsp3) is 0.150. The van der Waals surface area contributed by atoms with Gasteiger partial charge in [-0.15, -0.1) is 0 Å². The molecule has 0 N–H and O–H groups in total. The maximum atomic E-state index is 13.6. The molecule has 0 aliphatic heterocycles. The van der Waals surface area contributed by atoms with E-state index in [1.165, 1.54) is 13.2 Å². The van der Waals surface area contributed by atoms with Gasteiger partial charge in [-0.1, -0.05) is 36.4 Å². The molecule has 9 heteroatoms. The highest BCUT2D eigenvalue weighted by Gasteiger charge is 2.37. The molecule has 0 amide bonds. The predicted octanol–water partition coefficient (Wildman–Crippen LogP) is 4.65. The molecular weight excluding hydrogens is 408 g/mol. The fourth-order valence-electron chi connectivity index (χ4n) is 2.93. The molecule has 0 aliphatic carbocycles. The van der Waals surface area contributed by atoms with Crippen molar-refractivity contribution in [2.75, 3.05) is 7.05 Å². The van der Waals surface area contributed by atoms with Crippen molar-refractivity contribution in [1.29, 1.82) is 0 Å². The smallest absolute Gasteiger partial charge is 0.259 e. The number of hydrogen-bond donors (Lipinski definition) is 0. The first-order chi connectivity index (χ1) is 13.6. The van der Waals surface area contributed by atoms with Crippen LogP contribution in [0, 0.1) is 5.82 Å². The van der Waals surface area contributed by atoms with Crippen LogP contribution in [0.3, 0.4) is 0 Å². The summed E-state index contributed by atoms with van der Waals surface area (Å²) in [5.41, 5.74) is -0.667. The van der Waals surface area contributed by atoms with Crippen LogP contribution in [0.4, 0.5) is 17.6 Å². The molecule has 0 saturated heterocycles. The van der Waals surface area contributed by atoms with Gasteiger partial charge in [0.05, 0.1) is 22.2 Å². The Morgan fingerprint density at radius 2 is 1.62 bits per heavy atom. The van der Waals surface area contributed by atoms with Gasteiger partial charge in [0, 0.05) is 13.2 Å². The summed E-state index contributed by atoms with van der Waals surface area (Å²) in [7, 11) is -3.16. The molecule has 0 bridgehead atoms. The molecule has 0 saturated carbocycles. The van der Waals surface area contributed by atoms with Crippen molar-refractivity contribution >= 4 is 10.0 Å². The molecule has 1 unspecified atom stereocenters. The molecule has 0 fully saturated rings. The molecule has 0 aliphatic rings. The summed E-state index contributed by atoms with van der Waals surface area (Å²) in [4.78, 5) is 3.55. The first-order valence-electron chi connectivity index (χ1n) is 8.43. The van der Waals surface area contributed by atoms with Crippen LogP contribution in [-0.2, 0) is 16.2 Å². The molecule has 0 spiro atoms. The average molecular weight is 424 g/mol. The van der Waals surface area contributed by atoms with Gasteiger partial charge in [0.2, 0.25) is 10.0 Å². The van der Waals surface area contributed by atoms with Crippen LogP contribution in [0.5, 0.6) is 0 Å². The van der Waals surface area contributed by atoms with E-state index < -0.39 is 38.5 Å². The number of aromatic nitrogens is 1. The fourth-order valence-corrected chi connectivity index (χ4v) is 4.27. The van der Waals surface area contributed by atoms with Gasteiger partial charge in [0.1, 0.15) is 5.82 Å². The van der Waals surface area contributed by atoms with Crippen LogP contribution in [0.15, 0.2) is 77.8 Å². The van der Waals surface area contributed by atoms with Gasteiger partial charge < -0.3 is 0 Å². The largest absolute Gasteiger partial charge is 0.419 e. The van der Waals surface area contributed by atoms with E-state index in [0.717, 1.165) is 10.4 Å². The van der Waals surface area contributed by atoms with Crippen LogP contribution in [-0.4, -0.2) is 24.8 Å². The van der Waals surface area contributed by atoms with Crippen molar-refractivity contribution in [2.45, 2.75) is 17.1 Å². The Bertz CT molecular complexity index is 1050. The van der Waals surface area contributed by atoms with Crippen LogP contribution in [0.2, 0.25) is 0 Å². The standard InChI is InChI=1S/C20H16F4N2O2S/c1-26(19(14-7-3-2-4-8-14)18-9-5-6-12-25-18)29(27,28)15-10-11-17(21)16(13-15)20(22,23)24/h2-13,19H,1H3. The van der Waals surface area contributed by atoms with Crippen molar-refractivity contribution in [1.82, 2.24) is 9.29 Å². The van der Waals surface area contributed by atoms with Crippen LogP contribution in [0.25, 0.3) is 0 Å². The van der Waals surface area contributed by atoms with Crippen LogP contribution in [0.1, 0.15) is 22.9 Å². The number of alkyl halides is 3. The van der Waals surface area contributed by atoms with Gasteiger partial charge in [0.15, 0.2) is 0 Å². The zero-order valence-corrected chi connectivity index (χ0v) is 16.0. The zero-order chi connectivity index (χ0) is 21.2. The number of pyridine rings is 1. The van der Waals surface area contributed by atoms with Crippen molar-refractivity contribution < 1.29 is 26.0 Å². The van der Waals surface area contributed by atoms with Crippen molar-refractivity contribution in [3.63, 3.8) is 0 Å². The molecule has 1 atom stereocenters. The minimum atomic E-state index is -5.02. The Hall–Kier alpha value is -2.78. The zero-order valence-electron chi connectivity index (χ0n) is 15.1. The Morgan fingerprint density at radius 3 is 2.21 bits per heavy atom. The molecule has 2 aromatic carbocycles. The molecular formula is C20H16F4N2O2S. The first-order valence-corrected chi connectivity index (χ1v) is 9.87. The minimum Gasteiger partial charge on any atom is -0.259 e. The Labute approximate surface area is 165 Å². The quantitative estimate of drug-likeness (QED) is 0.561. The van der Waals surface area contributed by atoms with Gasteiger partial charge in [-0.3, -0.25) is 4.98 Å². The molecule has 29 heavy (non-hydrogen) atoms. The first kappa shape index (κ1) is 20.9. The minimum absolute atomic E-state index is 0.307. The number of nitrogens with zero attached hydrogens (tertiary/aromatic N) is 2. The summed E-state index contributed by atoms with van der Waals surface area (Å²) in [6.07, 6.45) is -3.53. The monoisotopic (exact) mass is 424 g/mol. The molecule has 152 valence electrons. The lowest BCUT2D eigenvalue weighted by atomic mass is 10.0. The van der Waals surface area contributed by atoms with E-state index >= 15 is 0 Å². The molecule has 3 aromatic rings. The van der Waals surface area contributed by atoms with E-state index in [9.17, 15) is 26.0 Å². The van der Waals surface area contributed by atoms with E-state index in [2.05, 4.69) is 4.98 Å². The van der Waals surface area contributed by atoms with Crippen molar-refractivity contribution in [2.24, 2.45) is 0 Å². The van der Waals surface area contributed by atoms with Gasteiger partial charge in [-0.2, -0.15) is 17.5 Å². The molecule has 3 rings (SSSR count). The lowest BCUT2D eigenvalue weighted by Gasteiger charge is -2.28. The predicted molar refractivity (Wildman–Crippen MR) is 98.9 cm³/mol. The highest BCUT2D eigenvalue weighted by molar-refractivity contribution is 7.89. The Morgan fingerprint density at radius 1 is 0.966 bits per heavy atom. The van der Waals surface area contributed by atoms with Crippen molar-refractivity contribution in [3.8, 4) is 0 Å². The summed E-state index contributed by atoms with van der Waals surface area (Å²) in [6, 6.07) is 14.3. The third-order valence-corrected chi connectivity index (χ3v) is 6.19. The number of rotatable bonds is 5. The number of halogens is 4. The summed E-state index contributed by atoms with van der Waals surface area (Å²) in [6.45, 7) is 0. The third-order valence-electron chi connectivity index (χ3n) is 4.37. The topological polar surface area (TPSA) is 50.3 Å². The number of sulfonamides is 1. The Kier molecular flexibility index (Phi) is 5.72. The summed E-state index contributed by atoms with van der Waals surface area (Å²) in [5, 5.41) is 0. The average Bonchev–Trinajstić information content (AvgIpc) is 2.69. The van der Waals surface area contributed by atoms with Crippen LogP contribution < -0.4 is 0 Å². The highest BCUT2D eigenvalue weighted by Crippen LogP contribution is 2.35. The third kappa shape index (κ3) is 4.30. The van der Waals surface area contributed by atoms with Gasteiger partial charge >= 0.3 is 6.18 Å². The Balaban J connectivity index is 2.12. The van der Waals surface area contributed by atoms with E-state index in [1.54, 1.807) is 48.5 Å². The summed E-state index contributed by atoms with van der Waals surface area (Å²) in [5.74, 6) is -1.54. The van der Waals surface area contributed by atoms with Crippen LogP contribution >= 0.6 is 0 Å². The molecule has 0 radical (unpaired) electrons. The maximum absolute atomic E-state index is 13.6. The van der Waals surface area contributed by atoms with Gasteiger partial charge in [-0.25, -0.2) is 12.8 Å². The number of benzene rings is 2. The van der Waals surface area contributed by atoms with Gasteiger partial charge in [-0.05, 0) is 35.9 Å². The molecule has 4 nitrogen and oxygen atoms in total. The molecule has 1 aromatic heterocycles. The van der Waals surface area contributed by atoms with Gasteiger partial charge in [0.25, 0.3) is 0 Å². The second kappa shape index (κ2) is 7.92. The lowest BCUT2D eigenvalue weighted by molar-refractivity contribution is -0.140. The maximum Gasteiger partial charge on any atom is 0.419 e. The normalized spacial score (nSPS) is 13.4. The molecule has 1 heterocycles. The second-order valence-corrected chi connectivity index (χ2v) is 8.23. The van der Waals surface area contributed by atoms with E-state index in [-0.39, 0.29) is 0 Å². The van der Waals surface area contributed by atoms with E-state index in [1.807, 2.05) is 0 Å².